The summed E-state index contributed by atoms with van der Waals surface area (Å²) in [5.74, 6) is -1.15. The standard InChI is InChI=1S/C25H22ClF3N4O6/c1-14(37-15(2)34)12-33-22(35)20-21(31(3)24(33)36)30-23(32(20)13-16-7-9-17(26)10-8-16)38-18-5-4-6-19(11-18)39-25(27,28)29/h4-11,14H,12-13H2,1-3H3. The lowest BCUT2D eigenvalue weighted by atomic mass is 10.2. The van der Waals surface area contributed by atoms with Crippen molar-refractivity contribution in [2.24, 2.45) is 7.05 Å². The molecule has 10 nitrogen and oxygen atoms in total. The summed E-state index contributed by atoms with van der Waals surface area (Å²) in [6.07, 6.45) is -5.70. The molecule has 0 spiro atoms. The minimum absolute atomic E-state index is 0.0141. The lowest BCUT2D eigenvalue weighted by Crippen LogP contribution is -2.42. The SMILES string of the molecule is CC(=O)OC(C)Cn1c(=O)c2c(nc(Oc3cccc(OC(F)(F)F)c3)n2Cc2ccc(Cl)cc2)n(C)c1=O. The fourth-order valence-electron chi connectivity index (χ4n) is 3.93. The summed E-state index contributed by atoms with van der Waals surface area (Å²) < 4.78 is 56.4. The van der Waals surface area contributed by atoms with Gasteiger partial charge >= 0.3 is 24.0 Å². The molecule has 4 rings (SSSR count). The Kier molecular flexibility index (Phi) is 7.72. The van der Waals surface area contributed by atoms with Gasteiger partial charge in [0.15, 0.2) is 11.2 Å². The average Bonchev–Trinajstić information content (AvgIpc) is 3.18. The number of aromatic nitrogens is 4. The summed E-state index contributed by atoms with van der Waals surface area (Å²) in [4.78, 5) is 42.3. The van der Waals surface area contributed by atoms with E-state index in [-0.39, 0.29) is 36.0 Å². The third-order valence-electron chi connectivity index (χ3n) is 5.51. The first-order valence-corrected chi connectivity index (χ1v) is 11.9. The molecule has 0 bridgehead atoms. The van der Waals surface area contributed by atoms with E-state index in [9.17, 15) is 27.6 Å². The molecule has 0 N–H and O–H groups in total. The van der Waals surface area contributed by atoms with Crippen LogP contribution in [0.15, 0.2) is 58.1 Å². The first-order valence-electron chi connectivity index (χ1n) is 11.5. The molecule has 0 saturated heterocycles. The van der Waals surface area contributed by atoms with E-state index in [0.717, 1.165) is 21.3 Å². The van der Waals surface area contributed by atoms with Gasteiger partial charge in [-0.15, -0.1) is 13.2 Å². The van der Waals surface area contributed by atoms with E-state index in [1.807, 2.05) is 0 Å². The average molecular weight is 567 g/mol. The van der Waals surface area contributed by atoms with Crippen molar-refractivity contribution in [1.82, 2.24) is 18.7 Å². The van der Waals surface area contributed by atoms with E-state index in [4.69, 9.17) is 21.1 Å². The zero-order valence-corrected chi connectivity index (χ0v) is 21.6. The molecule has 206 valence electrons. The van der Waals surface area contributed by atoms with Crippen LogP contribution in [0.2, 0.25) is 5.02 Å². The van der Waals surface area contributed by atoms with E-state index in [1.165, 1.54) is 37.6 Å². The maximum absolute atomic E-state index is 13.6. The summed E-state index contributed by atoms with van der Waals surface area (Å²) in [7, 11) is 1.40. The lowest BCUT2D eigenvalue weighted by molar-refractivity contribution is -0.274. The molecule has 0 amide bonds. The van der Waals surface area contributed by atoms with Crippen LogP contribution in [-0.2, 0) is 29.7 Å². The highest BCUT2D eigenvalue weighted by Gasteiger charge is 2.31. The van der Waals surface area contributed by atoms with Crippen molar-refractivity contribution in [3.05, 3.63) is 80.0 Å². The third-order valence-corrected chi connectivity index (χ3v) is 5.76. The number of fused-ring (bicyclic) bond motifs is 1. The minimum atomic E-state index is -4.91. The molecule has 2 aromatic carbocycles. The van der Waals surface area contributed by atoms with Crippen LogP contribution in [0.1, 0.15) is 19.4 Å². The normalized spacial score (nSPS) is 12.4. The van der Waals surface area contributed by atoms with E-state index in [2.05, 4.69) is 9.72 Å². The van der Waals surface area contributed by atoms with Crippen molar-refractivity contribution in [3.63, 3.8) is 0 Å². The predicted octanol–water partition coefficient (Wildman–Crippen LogP) is 4.24. The molecule has 4 aromatic rings. The van der Waals surface area contributed by atoms with E-state index >= 15 is 0 Å². The number of imidazole rings is 1. The van der Waals surface area contributed by atoms with Crippen LogP contribution in [0.4, 0.5) is 13.2 Å². The molecular weight excluding hydrogens is 545 g/mol. The number of benzene rings is 2. The number of ether oxygens (including phenoxy) is 3. The maximum atomic E-state index is 13.6. The molecular formula is C25H22ClF3N4O6. The maximum Gasteiger partial charge on any atom is 0.573 e. The second kappa shape index (κ2) is 10.8. The van der Waals surface area contributed by atoms with Crippen LogP contribution in [0, 0.1) is 0 Å². The Hall–Kier alpha value is -4.26. The Morgan fingerprint density at radius 2 is 1.74 bits per heavy atom. The molecule has 0 aliphatic carbocycles. The number of carbonyl (C=O) groups is 1. The molecule has 1 atom stereocenters. The zero-order chi connectivity index (χ0) is 28.5. The number of halogens is 4. The van der Waals surface area contributed by atoms with Crippen molar-refractivity contribution in [2.75, 3.05) is 0 Å². The Labute approximate surface area is 223 Å². The largest absolute Gasteiger partial charge is 0.573 e. The Morgan fingerprint density at radius 1 is 1.08 bits per heavy atom. The van der Waals surface area contributed by atoms with Gasteiger partial charge in [0.05, 0.1) is 13.1 Å². The van der Waals surface area contributed by atoms with Crippen molar-refractivity contribution >= 4 is 28.7 Å². The van der Waals surface area contributed by atoms with Crippen molar-refractivity contribution < 1.29 is 32.2 Å². The third kappa shape index (κ3) is 6.42. The topological polar surface area (TPSA) is 107 Å². The van der Waals surface area contributed by atoms with Gasteiger partial charge in [0, 0.05) is 25.1 Å². The van der Waals surface area contributed by atoms with Gasteiger partial charge in [-0.2, -0.15) is 4.98 Å². The molecule has 14 heteroatoms. The minimum Gasteiger partial charge on any atom is -0.461 e. The quantitative estimate of drug-likeness (QED) is 0.294. The summed E-state index contributed by atoms with van der Waals surface area (Å²) in [6, 6.07) is 11.3. The molecule has 2 aromatic heterocycles. The van der Waals surface area contributed by atoms with Crippen molar-refractivity contribution in [1.29, 1.82) is 0 Å². The van der Waals surface area contributed by atoms with Gasteiger partial charge in [-0.25, -0.2) is 4.79 Å². The van der Waals surface area contributed by atoms with E-state index in [1.54, 1.807) is 24.3 Å². The van der Waals surface area contributed by atoms with Crippen LogP contribution < -0.4 is 20.7 Å². The van der Waals surface area contributed by atoms with Gasteiger partial charge in [-0.05, 0) is 36.8 Å². The van der Waals surface area contributed by atoms with Crippen molar-refractivity contribution in [3.8, 4) is 17.5 Å². The van der Waals surface area contributed by atoms with Crippen molar-refractivity contribution in [2.45, 2.75) is 39.4 Å². The Bertz CT molecular complexity index is 1640. The summed E-state index contributed by atoms with van der Waals surface area (Å²) in [5.41, 5.74) is -0.786. The summed E-state index contributed by atoms with van der Waals surface area (Å²) in [5, 5.41) is 0.483. The number of nitrogens with zero attached hydrogens (tertiary/aromatic N) is 4. The fourth-order valence-corrected chi connectivity index (χ4v) is 4.05. The number of esters is 1. The number of alkyl halides is 3. The highest BCUT2D eigenvalue weighted by molar-refractivity contribution is 6.30. The van der Waals surface area contributed by atoms with E-state index in [0.29, 0.717) is 10.6 Å². The molecule has 0 aliphatic rings. The second-order valence-corrected chi connectivity index (χ2v) is 9.02. The van der Waals surface area contributed by atoms with Gasteiger partial charge in [0.2, 0.25) is 0 Å². The monoisotopic (exact) mass is 566 g/mol. The van der Waals surface area contributed by atoms with Gasteiger partial charge < -0.3 is 14.2 Å². The van der Waals surface area contributed by atoms with Crippen LogP contribution >= 0.6 is 11.6 Å². The van der Waals surface area contributed by atoms with Gasteiger partial charge in [-0.3, -0.25) is 23.3 Å². The van der Waals surface area contributed by atoms with Crippen LogP contribution in [0.25, 0.3) is 11.2 Å². The lowest BCUT2D eigenvalue weighted by Gasteiger charge is -2.15. The molecule has 39 heavy (non-hydrogen) atoms. The number of rotatable bonds is 8. The number of aryl methyl sites for hydroxylation is 1. The van der Waals surface area contributed by atoms with Crippen LogP contribution in [0.5, 0.6) is 17.5 Å². The summed E-state index contributed by atoms with van der Waals surface area (Å²) >= 11 is 5.99. The van der Waals surface area contributed by atoms with Gasteiger partial charge in [0.25, 0.3) is 5.56 Å². The first-order chi connectivity index (χ1) is 18.3. The molecule has 0 fully saturated rings. The first kappa shape index (κ1) is 27.8. The smallest absolute Gasteiger partial charge is 0.461 e. The number of hydrogen-bond donors (Lipinski definition) is 0. The second-order valence-electron chi connectivity index (χ2n) is 8.58. The van der Waals surface area contributed by atoms with Gasteiger partial charge in [0.1, 0.15) is 17.6 Å². The zero-order valence-electron chi connectivity index (χ0n) is 20.9. The Balaban J connectivity index is 1.86. The molecule has 0 aliphatic heterocycles. The summed E-state index contributed by atoms with van der Waals surface area (Å²) in [6.45, 7) is 2.56. The fraction of sp³-hybridized carbons (Fsp3) is 0.280. The molecule has 0 saturated carbocycles. The highest BCUT2D eigenvalue weighted by atomic mass is 35.5. The predicted molar refractivity (Wildman–Crippen MR) is 134 cm³/mol. The molecule has 0 radical (unpaired) electrons. The van der Waals surface area contributed by atoms with Crippen LogP contribution in [0.3, 0.4) is 0 Å². The number of carbonyl (C=O) groups excluding carboxylic acids is 1. The van der Waals surface area contributed by atoms with Crippen LogP contribution in [-0.4, -0.2) is 37.1 Å². The molecule has 1 unspecified atom stereocenters. The van der Waals surface area contributed by atoms with Gasteiger partial charge in [-0.1, -0.05) is 29.8 Å². The molecule has 2 heterocycles. The number of hydrogen-bond acceptors (Lipinski definition) is 7. The Morgan fingerprint density at radius 3 is 2.38 bits per heavy atom. The van der Waals surface area contributed by atoms with E-state index < -0.39 is 35.4 Å². The highest BCUT2D eigenvalue weighted by Crippen LogP contribution is 2.30.